The monoisotopic (exact) mass is 330 g/mol. The van der Waals surface area contributed by atoms with E-state index in [9.17, 15) is 9.59 Å². The lowest BCUT2D eigenvalue weighted by molar-refractivity contribution is -0.137. The van der Waals surface area contributed by atoms with Gasteiger partial charge in [0.1, 0.15) is 6.10 Å². The van der Waals surface area contributed by atoms with E-state index in [0.717, 1.165) is 36.9 Å². The van der Waals surface area contributed by atoms with Crippen LogP contribution >= 0.6 is 0 Å². The van der Waals surface area contributed by atoms with E-state index in [1.54, 1.807) is 19.1 Å². The molecule has 1 atom stereocenters. The number of anilines is 1. The van der Waals surface area contributed by atoms with Crippen LogP contribution in [-0.4, -0.2) is 44.0 Å². The standard InChI is InChI=1S/C19H26N2O3/c1-20-16-10-6-5-9-15(16)17(24-2)13-21(12-11-18(20)22)19(23)14-7-3-4-8-14/h5-6,9-10,14,17H,3-4,7-8,11-13H2,1-2H3. The zero-order valence-electron chi connectivity index (χ0n) is 14.5. The summed E-state index contributed by atoms with van der Waals surface area (Å²) in [4.78, 5) is 28.9. The zero-order chi connectivity index (χ0) is 17.1. The molecule has 1 saturated carbocycles. The summed E-state index contributed by atoms with van der Waals surface area (Å²) in [6, 6.07) is 7.80. The van der Waals surface area contributed by atoms with Crippen molar-refractivity contribution in [3.05, 3.63) is 29.8 Å². The van der Waals surface area contributed by atoms with Gasteiger partial charge in [-0.25, -0.2) is 0 Å². The van der Waals surface area contributed by atoms with Crippen molar-refractivity contribution < 1.29 is 14.3 Å². The number of para-hydroxylation sites is 1. The number of hydrogen-bond acceptors (Lipinski definition) is 3. The molecule has 2 amide bonds. The van der Waals surface area contributed by atoms with Gasteiger partial charge in [-0.2, -0.15) is 0 Å². The molecule has 1 unspecified atom stereocenters. The molecule has 0 aromatic heterocycles. The molecule has 0 spiro atoms. The van der Waals surface area contributed by atoms with Gasteiger partial charge in [-0.1, -0.05) is 31.0 Å². The molecule has 1 aromatic carbocycles. The van der Waals surface area contributed by atoms with Crippen LogP contribution < -0.4 is 4.90 Å². The lowest BCUT2D eigenvalue weighted by atomic mass is 10.0. The smallest absolute Gasteiger partial charge is 0.228 e. The molecule has 130 valence electrons. The molecule has 1 heterocycles. The van der Waals surface area contributed by atoms with E-state index in [0.29, 0.717) is 19.5 Å². The number of fused-ring (bicyclic) bond motifs is 1. The van der Waals surface area contributed by atoms with Crippen LogP contribution in [0.5, 0.6) is 0 Å². The average molecular weight is 330 g/mol. The van der Waals surface area contributed by atoms with Crippen LogP contribution in [0, 0.1) is 5.92 Å². The highest BCUT2D eigenvalue weighted by Gasteiger charge is 2.32. The Bertz CT molecular complexity index is 610. The summed E-state index contributed by atoms with van der Waals surface area (Å²) in [7, 11) is 3.46. The number of carbonyl (C=O) groups is 2. The van der Waals surface area contributed by atoms with Crippen molar-refractivity contribution in [2.24, 2.45) is 5.92 Å². The Balaban J connectivity index is 1.91. The molecule has 1 aromatic rings. The van der Waals surface area contributed by atoms with Gasteiger partial charge in [0.15, 0.2) is 0 Å². The molecule has 0 bridgehead atoms. The first kappa shape index (κ1) is 17.0. The molecule has 1 aliphatic carbocycles. The third-order valence-electron chi connectivity index (χ3n) is 5.30. The molecule has 2 aliphatic rings. The van der Waals surface area contributed by atoms with Crippen LogP contribution in [0.3, 0.4) is 0 Å². The number of ether oxygens (including phenoxy) is 1. The summed E-state index contributed by atoms with van der Waals surface area (Å²) in [6.45, 7) is 0.969. The third kappa shape index (κ3) is 3.31. The first-order chi connectivity index (χ1) is 11.6. The summed E-state index contributed by atoms with van der Waals surface area (Å²) < 4.78 is 5.70. The summed E-state index contributed by atoms with van der Waals surface area (Å²) >= 11 is 0. The van der Waals surface area contributed by atoms with E-state index >= 15 is 0 Å². The van der Waals surface area contributed by atoms with Crippen LogP contribution in [0.2, 0.25) is 0 Å². The van der Waals surface area contributed by atoms with Gasteiger partial charge in [0.05, 0.1) is 6.54 Å². The summed E-state index contributed by atoms with van der Waals surface area (Å²) in [6.07, 6.45) is 4.32. The first-order valence-corrected chi connectivity index (χ1v) is 8.79. The van der Waals surface area contributed by atoms with Gasteiger partial charge in [-0.15, -0.1) is 0 Å². The Morgan fingerprint density at radius 2 is 1.92 bits per heavy atom. The Morgan fingerprint density at radius 1 is 1.21 bits per heavy atom. The fraction of sp³-hybridized carbons (Fsp3) is 0.579. The Labute approximate surface area is 143 Å². The van der Waals surface area contributed by atoms with Crippen molar-refractivity contribution in [1.29, 1.82) is 0 Å². The molecule has 5 nitrogen and oxygen atoms in total. The van der Waals surface area contributed by atoms with Gasteiger partial charge < -0.3 is 14.5 Å². The molecule has 0 N–H and O–H groups in total. The molecular weight excluding hydrogens is 304 g/mol. The van der Waals surface area contributed by atoms with Gasteiger partial charge in [-0.3, -0.25) is 9.59 Å². The Hall–Kier alpha value is -1.88. The second-order valence-electron chi connectivity index (χ2n) is 6.75. The predicted octanol–water partition coefficient (Wildman–Crippen LogP) is 2.76. The van der Waals surface area contributed by atoms with Crippen LogP contribution in [0.4, 0.5) is 5.69 Å². The maximum Gasteiger partial charge on any atom is 0.228 e. The summed E-state index contributed by atoms with van der Waals surface area (Å²) in [5.74, 6) is 0.333. The maximum atomic E-state index is 12.9. The van der Waals surface area contributed by atoms with Gasteiger partial charge in [0, 0.05) is 44.3 Å². The van der Waals surface area contributed by atoms with E-state index in [-0.39, 0.29) is 23.8 Å². The molecule has 5 heteroatoms. The number of nitrogens with zero attached hydrogens (tertiary/aromatic N) is 2. The van der Waals surface area contributed by atoms with Gasteiger partial charge in [0.2, 0.25) is 11.8 Å². The van der Waals surface area contributed by atoms with Crippen molar-refractivity contribution >= 4 is 17.5 Å². The molecule has 0 saturated heterocycles. The highest BCUT2D eigenvalue weighted by Crippen LogP contribution is 2.32. The van der Waals surface area contributed by atoms with E-state index in [2.05, 4.69) is 0 Å². The predicted molar refractivity (Wildman–Crippen MR) is 92.8 cm³/mol. The van der Waals surface area contributed by atoms with Crippen LogP contribution in [-0.2, 0) is 14.3 Å². The van der Waals surface area contributed by atoms with Crippen molar-refractivity contribution in [2.75, 3.05) is 32.1 Å². The quantitative estimate of drug-likeness (QED) is 0.838. The van der Waals surface area contributed by atoms with E-state index in [1.807, 2.05) is 29.2 Å². The molecule has 1 fully saturated rings. The maximum absolute atomic E-state index is 12.9. The highest BCUT2D eigenvalue weighted by molar-refractivity contribution is 5.94. The lowest BCUT2D eigenvalue weighted by Gasteiger charge is -2.29. The van der Waals surface area contributed by atoms with Crippen LogP contribution in [0.1, 0.15) is 43.8 Å². The largest absolute Gasteiger partial charge is 0.375 e. The molecule has 24 heavy (non-hydrogen) atoms. The first-order valence-electron chi connectivity index (χ1n) is 8.79. The van der Waals surface area contributed by atoms with Gasteiger partial charge >= 0.3 is 0 Å². The molecular formula is C19H26N2O3. The van der Waals surface area contributed by atoms with Crippen molar-refractivity contribution in [3.8, 4) is 0 Å². The Morgan fingerprint density at radius 3 is 2.62 bits per heavy atom. The van der Waals surface area contributed by atoms with E-state index < -0.39 is 0 Å². The second-order valence-corrected chi connectivity index (χ2v) is 6.75. The van der Waals surface area contributed by atoms with Crippen LogP contribution in [0.15, 0.2) is 24.3 Å². The number of amides is 2. The zero-order valence-corrected chi connectivity index (χ0v) is 14.5. The minimum Gasteiger partial charge on any atom is -0.375 e. The van der Waals surface area contributed by atoms with Gasteiger partial charge in [0.25, 0.3) is 0 Å². The minimum absolute atomic E-state index is 0.0309. The topological polar surface area (TPSA) is 49.9 Å². The highest BCUT2D eigenvalue weighted by atomic mass is 16.5. The SMILES string of the molecule is COC1CN(C(=O)C2CCCC2)CCC(=O)N(C)c2ccccc21. The molecule has 3 rings (SSSR count). The summed E-state index contributed by atoms with van der Waals surface area (Å²) in [5, 5.41) is 0. The number of carbonyl (C=O) groups excluding carboxylic acids is 2. The van der Waals surface area contributed by atoms with Gasteiger partial charge in [-0.05, 0) is 18.9 Å². The van der Waals surface area contributed by atoms with E-state index in [4.69, 9.17) is 4.74 Å². The molecule has 1 aliphatic heterocycles. The summed E-state index contributed by atoms with van der Waals surface area (Å²) in [5.41, 5.74) is 1.83. The fourth-order valence-corrected chi connectivity index (χ4v) is 3.82. The van der Waals surface area contributed by atoms with Crippen molar-refractivity contribution in [3.63, 3.8) is 0 Å². The minimum atomic E-state index is -0.222. The third-order valence-corrected chi connectivity index (χ3v) is 5.30. The number of methoxy groups -OCH3 is 1. The number of benzene rings is 1. The average Bonchev–Trinajstić information content (AvgIpc) is 3.15. The normalized spacial score (nSPS) is 22.8. The lowest BCUT2D eigenvalue weighted by Crippen LogP contribution is -2.40. The second kappa shape index (κ2) is 7.34. The number of hydrogen-bond donors (Lipinski definition) is 0. The van der Waals surface area contributed by atoms with Crippen molar-refractivity contribution in [1.82, 2.24) is 4.90 Å². The fourth-order valence-electron chi connectivity index (χ4n) is 3.82. The van der Waals surface area contributed by atoms with Crippen molar-refractivity contribution in [2.45, 2.75) is 38.2 Å². The van der Waals surface area contributed by atoms with E-state index in [1.165, 1.54) is 0 Å². The Kier molecular flexibility index (Phi) is 5.19. The molecule has 0 radical (unpaired) electrons. The van der Waals surface area contributed by atoms with Crippen LogP contribution in [0.25, 0.3) is 0 Å². The number of rotatable bonds is 2.